The summed E-state index contributed by atoms with van der Waals surface area (Å²) >= 11 is 2.31. The fraction of sp³-hybridized carbons (Fsp3) is 0.333. The zero-order valence-electron chi connectivity index (χ0n) is 7.01. The molecule has 3 heteroatoms. The highest BCUT2D eigenvalue weighted by atomic mass is 127. The lowest BCUT2D eigenvalue weighted by atomic mass is 10.2. The summed E-state index contributed by atoms with van der Waals surface area (Å²) in [6, 6.07) is 8.47. The Bertz CT molecular complexity index is 240. The second-order valence-electron chi connectivity index (χ2n) is 2.48. The van der Waals surface area contributed by atoms with Crippen LogP contribution in [0.4, 0.5) is 0 Å². The van der Waals surface area contributed by atoms with E-state index < -0.39 is 0 Å². The number of halogens is 1. The van der Waals surface area contributed by atoms with Gasteiger partial charge in [-0.1, -0.05) is 12.1 Å². The van der Waals surface area contributed by atoms with E-state index >= 15 is 0 Å². The van der Waals surface area contributed by atoms with Crippen LogP contribution >= 0.6 is 22.6 Å². The lowest BCUT2D eigenvalue weighted by Gasteiger charge is -2.02. The number of hydroxylamine groups is 1. The fourth-order valence-corrected chi connectivity index (χ4v) is 1.60. The predicted molar refractivity (Wildman–Crippen MR) is 57.9 cm³/mol. The van der Waals surface area contributed by atoms with Gasteiger partial charge < -0.3 is 4.84 Å². The Morgan fingerprint density at radius 2 is 2.33 bits per heavy atom. The second kappa shape index (κ2) is 5.50. The van der Waals surface area contributed by atoms with E-state index in [4.69, 9.17) is 4.84 Å². The van der Waals surface area contributed by atoms with Crippen molar-refractivity contribution in [3.05, 3.63) is 33.4 Å². The normalized spacial score (nSPS) is 10.2. The fourth-order valence-electron chi connectivity index (χ4n) is 0.990. The maximum Gasteiger partial charge on any atom is 0.0572 e. The van der Waals surface area contributed by atoms with Crippen LogP contribution in [-0.2, 0) is 11.3 Å². The summed E-state index contributed by atoms with van der Waals surface area (Å²) in [7, 11) is 1.63. The van der Waals surface area contributed by atoms with Gasteiger partial charge in [-0.05, 0) is 46.7 Å². The molecule has 0 spiro atoms. The summed E-state index contributed by atoms with van der Waals surface area (Å²) < 4.78 is 1.28. The van der Waals surface area contributed by atoms with E-state index in [1.54, 1.807) is 7.11 Å². The molecule has 0 aliphatic carbocycles. The highest BCUT2D eigenvalue weighted by Gasteiger charge is 1.92. The second-order valence-corrected chi connectivity index (χ2v) is 3.72. The molecule has 66 valence electrons. The molecule has 0 atom stereocenters. The summed E-state index contributed by atoms with van der Waals surface area (Å²) in [6.07, 6.45) is 1.00. The van der Waals surface area contributed by atoms with E-state index in [0.29, 0.717) is 0 Å². The minimum Gasteiger partial charge on any atom is -0.305 e. The summed E-state index contributed by atoms with van der Waals surface area (Å²) in [5.74, 6) is 0. The maximum absolute atomic E-state index is 4.74. The smallest absolute Gasteiger partial charge is 0.0572 e. The molecule has 1 aromatic rings. The summed E-state index contributed by atoms with van der Waals surface area (Å²) in [6.45, 7) is 0.858. The van der Waals surface area contributed by atoms with Gasteiger partial charge in [0.1, 0.15) is 0 Å². The number of nitrogens with one attached hydrogen (secondary N) is 1. The van der Waals surface area contributed by atoms with Crippen LogP contribution in [-0.4, -0.2) is 13.7 Å². The zero-order chi connectivity index (χ0) is 8.81. The van der Waals surface area contributed by atoms with Gasteiger partial charge >= 0.3 is 0 Å². The Kier molecular flexibility index (Phi) is 4.57. The van der Waals surface area contributed by atoms with Crippen LogP contribution in [0.15, 0.2) is 24.3 Å². The largest absolute Gasteiger partial charge is 0.305 e. The van der Waals surface area contributed by atoms with Crippen molar-refractivity contribution in [1.82, 2.24) is 5.48 Å². The summed E-state index contributed by atoms with van der Waals surface area (Å²) in [5, 5.41) is 0. The Morgan fingerprint density at radius 1 is 1.50 bits per heavy atom. The molecule has 0 saturated carbocycles. The minimum atomic E-state index is 0.858. The van der Waals surface area contributed by atoms with E-state index in [0.717, 1.165) is 13.0 Å². The van der Waals surface area contributed by atoms with Crippen LogP contribution in [0.2, 0.25) is 0 Å². The quantitative estimate of drug-likeness (QED) is 0.516. The first-order valence-electron chi connectivity index (χ1n) is 3.83. The van der Waals surface area contributed by atoms with Crippen LogP contribution < -0.4 is 5.48 Å². The first kappa shape index (κ1) is 9.95. The third-order valence-corrected chi connectivity index (χ3v) is 2.22. The van der Waals surface area contributed by atoms with Crippen LogP contribution in [0.1, 0.15) is 5.56 Å². The molecule has 0 heterocycles. The van der Waals surface area contributed by atoms with Gasteiger partial charge in [0.2, 0.25) is 0 Å². The van der Waals surface area contributed by atoms with Crippen molar-refractivity contribution < 1.29 is 4.84 Å². The molecule has 0 bridgehead atoms. The van der Waals surface area contributed by atoms with E-state index in [1.165, 1.54) is 9.13 Å². The van der Waals surface area contributed by atoms with Gasteiger partial charge in [-0.25, -0.2) is 5.48 Å². The molecule has 0 fully saturated rings. The first-order valence-corrected chi connectivity index (χ1v) is 4.91. The standard InChI is InChI=1S/C9H12INO/c1-12-11-6-5-8-3-2-4-9(10)7-8/h2-4,7,11H,5-6H2,1H3. The SMILES string of the molecule is CONCCc1cccc(I)c1. The molecule has 0 aliphatic heterocycles. The average molecular weight is 277 g/mol. The third kappa shape index (κ3) is 3.51. The van der Waals surface area contributed by atoms with Gasteiger partial charge in [-0.15, -0.1) is 0 Å². The molecule has 0 aromatic heterocycles. The van der Waals surface area contributed by atoms with Gasteiger partial charge in [0.05, 0.1) is 7.11 Å². The summed E-state index contributed by atoms with van der Waals surface area (Å²) in [5.41, 5.74) is 4.15. The zero-order valence-corrected chi connectivity index (χ0v) is 9.17. The Labute approximate surface area is 86.4 Å². The van der Waals surface area contributed by atoms with E-state index in [2.05, 4.69) is 52.3 Å². The summed E-state index contributed by atoms with van der Waals surface area (Å²) in [4.78, 5) is 4.74. The van der Waals surface area contributed by atoms with Crippen LogP contribution in [0.5, 0.6) is 0 Å². The molecule has 0 saturated heterocycles. The number of hydrogen-bond donors (Lipinski definition) is 1. The molecule has 1 N–H and O–H groups in total. The Balaban J connectivity index is 2.41. The van der Waals surface area contributed by atoms with Crippen molar-refractivity contribution in [3.63, 3.8) is 0 Å². The molecule has 0 amide bonds. The number of benzene rings is 1. The Hall–Kier alpha value is -0.130. The molecular formula is C9H12INO. The van der Waals surface area contributed by atoms with E-state index in [9.17, 15) is 0 Å². The highest BCUT2D eigenvalue weighted by Crippen LogP contribution is 2.07. The molecule has 12 heavy (non-hydrogen) atoms. The Morgan fingerprint density at radius 3 is 3.00 bits per heavy atom. The van der Waals surface area contributed by atoms with Crippen molar-refractivity contribution in [2.45, 2.75) is 6.42 Å². The molecule has 2 nitrogen and oxygen atoms in total. The van der Waals surface area contributed by atoms with Gasteiger partial charge in [-0.2, -0.15) is 0 Å². The molecule has 1 aromatic carbocycles. The van der Waals surface area contributed by atoms with E-state index in [1.807, 2.05) is 0 Å². The number of hydrogen-bond acceptors (Lipinski definition) is 2. The molecule has 0 radical (unpaired) electrons. The van der Waals surface area contributed by atoms with Crippen LogP contribution in [0.25, 0.3) is 0 Å². The van der Waals surface area contributed by atoms with Crippen molar-refractivity contribution in [2.75, 3.05) is 13.7 Å². The minimum absolute atomic E-state index is 0.858. The van der Waals surface area contributed by atoms with Crippen molar-refractivity contribution in [3.8, 4) is 0 Å². The maximum atomic E-state index is 4.74. The average Bonchev–Trinajstić information content (AvgIpc) is 2.05. The molecular weight excluding hydrogens is 265 g/mol. The topological polar surface area (TPSA) is 21.3 Å². The van der Waals surface area contributed by atoms with Crippen LogP contribution in [0, 0.1) is 3.57 Å². The van der Waals surface area contributed by atoms with Crippen molar-refractivity contribution >= 4 is 22.6 Å². The predicted octanol–water partition coefficient (Wildman–Crippen LogP) is 1.98. The third-order valence-electron chi connectivity index (χ3n) is 1.55. The van der Waals surface area contributed by atoms with Crippen LogP contribution in [0.3, 0.4) is 0 Å². The molecule has 0 unspecified atom stereocenters. The van der Waals surface area contributed by atoms with Gasteiger partial charge in [0, 0.05) is 10.1 Å². The lowest BCUT2D eigenvalue weighted by Crippen LogP contribution is -2.15. The van der Waals surface area contributed by atoms with E-state index in [-0.39, 0.29) is 0 Å². The first-order chi connectivity index (χ1) is 5.83. The highest BCUT2D eigenvalue weighted by molar-refractivity contribution is 14.1. The molecule has 0 aliphatic rings. The van der Waals surface area contributed by atoms with Gasteiger partial charge in [-0.3, -0.25) is 0 Å². The number of rotatable bonds is 4. The lowest BCUT2D eigenvalue weighted by molar-refractivity contribution is 0.0928. The van der Waals surface area contributed by atoms with Crippen molar-refractivity contribution in [1.29, 1.82) is 0 Å². The van der Waals surface area contributed by atoms with Crippen molar-refractivity contribution in [2.24, 2.45) is 0 Å². The van der Waals surface area contributed by atoms with Gasteiger partial charge in [0.25, 0.3) is 0 Å². The molecule has 1 rings (SSSR count). The van der Waals surface area contributed by atoms with Gasteiger partial charge in [0.15, 0.2) is 0 Å². The monoisotopic (exact) mass is 277 g/mol.